The Morgan fingerprint density at radius 3 is 2.48 bits per heavy atom. The summed E-state index contributed by atoms with van der Waals surface area (Å²) in [6, 6.07) is 2.58. The maximum atomic E-state index is 13.6. The molecule has 0 fully saturated rings. The second kappa shape index (κ2) is 7.75. The minimum Gasteiger partial charge on any atom is -0.385 e. The zero-order valence-corrected chi connectivity index (χ0v) is 14.6. The largest absolute Gasteiger partial charge is 0.435 e. The highest BCUT2D eigenvalue weighted by Gasteiger charge is 2.41. The topological polar surface area (TPSA) is 39.4 Å². The number of hydrogen-bond donors (Lipinski definition) is 0. The van der Waals surface area contributed by atoms with Crippen LogP contribution in [0.1, 0.15) is 36.2 Å². The maximum Gasteiger partial charge on any atom is 0.435 e. The van der Waals surface area contributed by atoms with Gasteiger partial charge in [-0.15, -0.1) is 0 Å². The first-order valence-electron chi connectivity index (χ1n) is 8.49. The van der Waals surface area contributed by atoms with Gasteiger partial charge in [0.25, 0.3) is 0 Å². The van der Waals surface area contributed by atoms with Gasteiger partial charge in [-0.25, -0.2) is 13.5 Å². The first kappa shape index (κ1) is 19.5. The fourth-order valence-electron chi connectivity index (χ4n) is 3.19. The van der Waals surface area contributed by atoms with E-state index >= 15 is 0 Å². The van der Waals surface area contributed by atoms with Gasteiger partial charge in [0.15, 0.2) is 5.69 Å². The third kappa shape index (κ3) is 4.18. The normalized spacial score (nSPS) is 16.0. The van der Waals surface area contributed by atoms with E-state index < -0.39 is 23.5 Å². The van der Waals surface area contributed by atoms with Gasteiger partial charge in [-0.2, -0.15) is 18.3 Å². The van der Waals surface area contributed by atoms with Crippen molar-refractivity contribution < 1.29 is 26.7 Å². The number of benzene rings is 1. The number of nitrogens with zero attached hydrogens (tertiary/aromatic N) is 3. The second-order valence-electron chi connectivity index (χ2n) is 6.24. The molecule has 0 atom stereocenters. The van der Waals surface area contributed by atoms with Crippen LogP contribution in [-0.4, -0.2) is 35.8 Å². The van der Waals surface area contributed by atoms with Crippen molar-refractivity contribution in [3.05, 3.63) is 46.8 Å². The van der Waals surface area contributed by atoms with Gasteiger partial charge in [-0.05, 0) is 37.8 Å². The van der Waals surface area contributed by atoms with Crippen molar-refractivity contribution in [2.75, 3.05) is 20.3 Å². The average Bonchev–Trinajstić information content (AvgIpc) is 2.98. The van der Waals surface area contributed by atoms with E-state index in [2.05, 4.69) is 10.1 Å². The van der Waals surface area contributed by atoms with Crippen LogP contribution >= 0.6 is 0 Å². The standard InChI is InChI=1S/C18H18F5N3O/c1-27-7-3-6-24-14-4-2-5-15-16(14)17(18(21,22)23)25-26(15)13-9-11(19)8-12(20)10-13/h8-10H,2-7H2,1H3. The molecule has 1 aromatic heterocycles. The van der Waals surface area contributed by atoms with Crippen molar-refractivity contribution in [1.82, 2.24) is 9.78 Å². The highest BCUT2D eigenvalue weighted by atomic mass is 19.4. The van der Waals surface area contributed by atoms with Gasteiger partial charge in [-0.1, -0.05) is 0 Å². The Labute approximate surface area is 152 Å². The number of methoxy groups -OCH3 is 1. The highest BCUT2D eigenvalue weighted by Crippen LogP contribution is 2.37. The molecule has 4 nitrogen and oxygen atoms in total. The molecule has 2 aromatic rings. The minimum absolute atomic E-state index is 0.0733. The van der Waals surface area contributed by atoms with Gasteiger partial charge in [-0.3, -0.25) is 4.99 Å². The highest BCUT2D eigenvalue weighted by molar-refractivity contribution is 6.03. The molecule has 0 bridgehead atoms. The molecule has 3 rings (SSSR count). The van der Waals surface area contributed by atoms with E-state index in [0.29, 0.717) is 50.6 Å². The summed E-state index contributed by atoms with van der Waals surface area (Å²) in [5.74, 6) is -1.76. The summed E-state index contributed by atoms with van der Waals surface area (Å²) in [6.07, 6.45) is -2.83. The molecule has 27 heavy (non-hydrogen) atoms. The summed E-state index contributed by atoms with van der Waals surface area (Å²) in [5.41, 5.74) is -0.644. The van der Waals surface area contributed by atoms with Crippen molar-refractivity contribution in [1.29, 1.82) is 0 Å². The molecule has 0 radical (unpaired) electrons. The molecule has 1 aliphatic rings. The summed E-state index contributed by atoms with van der Waals surface area (Å²) >= 11 is 0. The predicted octanol–water partition coefficient (Wildman–Crippen LogP) is 4.33. The Kier molecular flexibility index (Phi) is 5.59. The molecule has 0 unspecified atom stereocenters. The molecule has 9 heteroatoms. The monoisotopic (exact) mass is 387 g/mol. The van der Waals surface area contributed by atoms with Crippen LogP contribution in [0.4, 0.5) is 22.0 Å². The first-order chi connectivity index (χ1) is 12.8. The molecule has 0 aliphatic heterocycles. The molecule has 0 spiro atoms. The van der Waals surface area contributed by atoms with E-state index in [1.165, 1.54) is 7.11 Å². The molecular weight excluding hydrogens is 369 g/mol. The predicted molar refractivity (Wildman–Crippen MR) is 89.3 cm³/mol. The van der Waals surface area contributed by atoms with Crippen molar-refractivity contribution in [2.45, 2.75) is 31.9 Å². The quantitative estimate of drug-likeness (QED) is 0.566. The van der Waals surface area contributed by atoms with Crippen molar-refractivity contribution in [2.24, 2.45) is 4.99 Å². The minimum atomic E-state index is -4.70. The lowest BCUT2D eigenvalue weighted by Gasteiger charge is -2.17. The number of aliphatic imine (C=N–C) groups is 1. The zero-order chi connectivity index (χ0) is 19.6. The van der Waals surface area contributed by atoms with Crippen LogP contribution in [0, 0.1) is 11.6 Å². The number of fused-ring (bicyclic) bond motifs is 1. The van der Waals surface area contributed by atoms with Crippen LogP contribution in [0.3, 0.4) is 0 Å². The molecule has 146 valence electrons. The third-order valence-electron chi connectivity index (χ3n) is 4.27. The number of ether oxygens (including phenoxy) is 1. The molecule has 0 saturated carbocycles. The fourth-order valence-corrected chi connectivity index (χ4v) is 3.19. The smallest absolute Gasteiger partial charge is 0.385 e. The Balaban J connectivity index is 2.12. The first-order valence-corrected chi connectivity index (χ1v) is 8.49. The Morgan fingerprint density at radius 2 is 1.85 bits per heavy atom. The molecule has 1 aromatic carbocycles. The van der Waals surface area contributed by atoms with Crippen LogP contribution < -0.4 is 0 Å². The lowest BCUT2D eigenvalue weighted by atomic mass is 9.93. The van der Waals surface area contributed by atoms with Crippen LogP contribution in [0.5, 0.6) is 0 Å². The van der Waals surface area contributed by atoms with Gasteiger partial charge in [0.1, 0.15) is 11.6 Å². The van der Waals surface area contributed by atoms with Crippen molar-refractivity contribution in [3.8, 4) is 5.69 Å². The summed E-state index contributed by atoms with van der Waals surface area (Å²) in [4.78, 5) is 4.31. The fraction of sp³-hybridized carbons (Fsp3) is 0.444. The zero-order valence-electron chi connectivity index (χ0n) is 14.6. The van der Waals surface area contributed by atoms with E-state index in [4.69, 9.17) is 4.74 Å². The molecule has 0 amide bonds. The number of halogens is 5. The van der Waals surface area contributed by atoms with Gasteiger partial charge in [0, 0.05) is 37.6 Å². The van der Waals surface area contributed by atoms with Gasteiger partial charge in [0.2, 0.25) is 0 Å². The Bertz CT molecular complexity index is 837. The maximum absolute atomic E-state index is 13.6. The van der Waals surface area contributed by atoms with Crippen molar-refractivity contribution >= 4 is 5.71 Å². The number of rotatable bonds is 5. The van der Waals surface area contributed by atoms with Gasteiger partial charge < -0.3 is 4.74 Å². The van der Waals surface area contributed by atoms with Crippen LogP contribution in [0.15, 0.2) is 23.2 Å². The second-order valence-corrected chi connectivity index (χ2v) is 6.24. The lowest BCUT2D eigenvalue weighted by molar-refractivity contribution is -0.141. The Morgan fingerprint density at radius 1 is 1.15 bits per heavy atom. The summed E-state index contributed by atoms with van der Waals surface area (Å²) < 4.78 is 73.8. The van der Waals surface area contributed by atoms with E-state index in [9.17, 15) is 22.0 Å². The van der Waals surface area contributed by atoms with E-state index in [1.54, 1.807) is 0 Å². The van der Waals surface area contributed by atoms with E-state index in [-0.39, 0.29) is 16.9 Å². The summed E-state index contributed by atoms with van der Waals surface area (Å²) in [6.45, 7) is 0.789. The van der Waals surface area contributed by atoms with Crippen molar-refractivity contribution in [3.63, 3.8) is 0 Å². The third-order valence-corrected chi connectivity index (χ3v) is 4.27. The van der Waals surface area contributed by atoms with Crippen LogP contribution in [0.25, 0.3) is 5.69 Å². The molecule has 1 heterocycles. The lowest BCUT2D eigenvalue weighted by Crippen LogP contribution is -2.18. The van der Waals surface area contributed by atoms with E-state index in [0.717, 1.165) is 16.8 Å². The molecule has 0 N–H and O–H groups in total. The molecule has 1 aliphatic carbocycles. The Hall–Kier alpha value is -2.29. The summed E-state index contributed by atoms with van der Waals surface area (Å²) in [7, 11) is 1.54. The number of aromatic nitrogens is 2. The number of alkyl halides is 3. The molecular formula is C18H18F5N3O. The summed E-state index contributed by atoms with van der Waals surface area (Å²) in [5, 5.41) is 3.66. The molecule has 0 saturated heterocycles. The SMILES string of the molecule is COCCCN=C1CCCc2c1c(C(F)(F)F)nn2-c1cc(F)cc(F)c1. The van der Waals surface area contributed by atoms with Crippen LogP contribution in [0.2, 0.25) is 0 Å². The van der Waals surface area contributed by atoms with Gasteiger partial charge >= 0.3 is 6.18 Å². The number of hydrogen-bond acceptors (Lipinski definition) is 3. The average molecular weight is 387 g/mol. The van der Waals surface area contributed by atoms with Crippen LogP contribution in [-0.2, 0) is 17.3 Å². The van der Waals surface area contributed by atoms with E-state index in [1.807, 2.05) is 0 Å². The van der Waals surface area contributed by atoms with Gasteiger partial charge in [0.05, 0.1) is 11.4 Å².